The van der Waals surface area contributed by atoms with Gasteiger partial charge < -0.3 is 19.3 Å². The largest absolute Gasteiger partial charge is 0.394 e. The molecule has 6 heteroatoms. The summed E-state index contributed by atoms with van der Waals surface area (Å²) in [5, 5.41) is 9.74. The summed E-state index contributed by atoms with van der Waals surface area (Å²) in [7, 11) is 1.65. The molecule has 1 unspecified atom stereocenters. The van der Waals surface area contributed by atoms with Gasteiger partial charge in [0.05, 0.1) is 11.2 Å². The molecule has 0 radical (unpaired) electrons. The summed E-state index contributed by atoms with van der Waals surface area (Å²) >= 11 is 3.71. The lowest BCUT2D eigenvalue weighted by atomic mass is 10.1. The van der Waals surface area contributed by atoms with Crippen LogP contribution in [0.5, 0.6) is 0 Å². The van der Waals surface area contributed by atoms with E-state index in [4.69, 9.17) is 14.2 Å². The number of ether oxygens (including phenoxy) is 3. The van der Waals surface area contributed by atoms with Gasteiger partial charge in [-0.25, -0.2) is 0 Å². The predicted molar refractivity (Wildman–Crippen MR) is 96.9 cm³/mol. The van der Waals surface area contributed by atoms with E-state index in [2.05, 4.69) is 13.8 Å². The molecule has 0 bridgehead atoms. The molecule has 0 amide bonds. The Morgan fingerprint density at radius 3 is 2.30 bits per heavy atom. The maximum absolute atomic E-state index is 9.74. The van der Waals surface area contributed by atoms with Crippen molar-refractivity contribution in [1.82, 2.24) is 0 Å². The van der Waals surface area contributed by atoms with E-state index in [1.165, 1.54) is 0 Å². The molecule has 130 valence electrons. The minimum atomic E-state index is -0.470. The summed E-state index contributed by atoms with van der Waals surface area (Å²) in [6.07, 6.45) is -1.27. The number of rotatable bonds is 8. The van der Waals surface area contributed by atoms with Gasteiger partial charge in [-0.05, 0) is 11.5 Å². The third-order valence-electron chi connectivity index (χ3n) is 3.72. The van der Waals surface area contributed by atoms with Crippen LogP contribution in [0.15, 0.2) is 30.3 Å². The molecule has 4 atom stereocenters. The number of hydrogen-bond donors (Lipinski definition) is 1. The topological polar surface area (TPSA) is 47.9 Å². The predicted octanol–water partition coefficient (Wildman–Crippen LogP) is 3.31. The quantitative estimate of drug-likeness (QED) is 0.720. The van der Waals surface area contributed by atoms with Crippen molar-refractivity contribution in [3.05, 3.63) is 35.9 Å². The van der Waals surface area contributed by atoms with Crippen molar-refractivity contribution in [2.75, 3.05) is 25.2 Å². The van der Waals surface area contributed by atoms with Gasteiger partial charge in [0.25, 0.3) is 0 Å². The number of aliphatic hydroxyl groups is 1. The van der Waals surface area contributed by atoms with Gasteiger partial charge in [0.15, 0.2) is 6.29 Å². The minimum absolute atomic E-state index is 0.0813. The van der Waals surface area contributed by atoms with E-state index in [0.29, 0.717) is 0 Å². The average molecular weight is 359 g/mol. The molecule has 0 spiro atoms. The van der Waals surface area contributed by atoms with Crippen molar-refractivity contribution >= 4 is 23.5 Å². The monoisotopic (exact) mass is 358 g/mol. The molecular formula is C17H26O4S2. The SMILES string of the molecule is CCSC(SCC)[C@@H]1OC(c2ccccc2)O[C@H](CO)[C@@H]1OC. The number of benzene rings is 1. The fraction of sp³-hybridized carbons (Fsp3) is 0.647. The molecule has 0 aromatic heterocycles. The van der Waals surface area contributed by atoms with Crippen LogP contribution in [0, 0.1) is 0 Å². The Kier molecular flexibility index (Phi) is 8.23. The highest BCUT2D eigenvalue weighted by Crippen LogP contribution is 2.39. The Morgan fingerprint density at radius 2 is 1.78 bits per heavy atom. The van der Waals surface area contributed by atoms with Crippen molar-refractivity contribution in [1.29, 1.82) is 0 Å². The Balaban J connectivity index is 2.24. The molecular weight excluding hydrogens is 332 g/mol. The zero-order valence-corrected chi connectivity index (χ0v) is 15.5. The van der Waals surface area contributed by atoms with Crippen LogP contribution in [0.3, 0.4) is 0 Å². The number of thioether (sulfide) groups is 2. The number of hydrogen-bond acceptors (Lipinski definition) is 6. The highest BCUT2D eigenvalue weighted by atomic mass is 32.2. The second kappa shape index (κ2) is 9.91. The zero-order chi connectivity index (χ0) is 16.7. The molecule has 4 nitrogen and oxygen atoms in total. The molecule has 0 aliphatic carbocycles. The van der Waals surface area contributed by atoms with Crippen LogP contribution in [-0.2, 0) is 14.2 Å². The summed E-state index contributed by atoms with van der Waals surface area (Å²) in [6, 6.07) is 9.86. The zero-order valence-electron chi connectivity index (χ0n) is 13.9. The highest BCUT2D eigenvalue weighted by Gasteiger charge is 2.44. The van der Waals surface area contributed by atoms with E-state index in [1.54, 1.807) is 7.11 Å². The van der Waals surface area contributed by atoms with Gasteiger partial charge in [0.2, 0.25) is 0 Å². The van der Waals surface area contributed by atoms with Crippen molar-refractivity contribution < 1.29 is 19.3 Å². The molecule has 2 rings (SSSR count). The van der Waals surface area contributed by atoms with Crippen LogP contribution in [0.1, 0.15) is 25.7 Å². The van der Waals surface area contributed by atoms with Crippen molar-refractivity contribution in [3.8, 4) is 0 Å². The van der Waals surface area contributed by atoms with Gasteiger partial charge in [-0.3, -0.25) is 0 Å². The van der Waals surface area contributed by atoms with Crippen LogP contribution in [0.2, 0.25) is 0 Å². The van der Waals surface area contributed by atoms with E-state index in [9.17, 15) is 5.11 Å². The first-order valence-corrected chi connectivity index (χ1v) is 10.1. The Bertz CT molecular complexity index is 439. The summed E-state index contributed by atoms with van der Waals surface area (Å²) < 4.78 is 18.1. The molecule has 1 aromatic carbocycles. The first-order chi connectivity index (χ1) is 11.2. The molecule has 23 heavy (non-hydrogen) atoms. The van der Waals surface area contributed by atoms with Crippen molar-refractivity contribution in [3.63, 3.8) is 0 Å². The molecule has 1 saturated heterocycles. The van der Waals surface area contributed by atoms with Gasteiger partial charge in [0.1, 0.15) is 18.3 Å². The minimum Gasteiger partial charge on any atom is -0.394 e. The van der Waals surface area contributed by atoms with Crippen LogP contribution in [0.25, 0.3) is 0 Å². The normalized spacial score (nSPS) is 28.2. The standard InChI is InChI=1S/C17H26O4S2/c1-4-22-17(23-5-2)15-14(19-3)13(11-18)20-16(21-15)12-9-7-6-8-10-12/h6-10,13-18H,4-5,11H2,1-3H3/t13-,14+,15-,16?/m1/s1. The maximum atomic E-state index is 9.74. The van der Waals surface area contributed by atoms with E-state index >= 15 is 0 Å². The summed E-state index contributed by atoms with van der Waals surface area (Å²) in [5.41, 5.74) is 0.965. The molecule has 0 saturated carbocycles. The molecule has 1 aromatic rings. The second-order valence-electron chi connectivity index (χ2n) is 5.18. The van der Waals surface area contributed by atoms with E-state index < -0.39 is 6.29 Å². The van der Waals surface area contributed by atoms with Crippen LogP contribution >= 0.6 is 23.5 Å². The lowest BCUT2D eigenvalue weighted by molar-refractivity contribution is -0.294. The van der Waals surface area contributed by atoms with Gasteiger partial charge in [-0.2, -0.15) is 0 Å². The molecule has 1 fully saturated rings. The first kappa shape index (κ1) is 19.1. The molecule has 1 heterocycles. The van der Waals surface area contributed by atoms with Crippen LogP contribution < -0.4 is 0 Å². The smallest absolute Gasteiger partial charge is 0.184 e. The molecule has 1 aliphatic heterocycles. The molecule has 1 aliphatic rings. The summed E-state index contributed by atoms with van der Waals surface area (Å²) in [6.45, 7) is 4.21. The van der Waals surface area contributed by atoms with E-state index in [1.807, 2.05) is 53.9 Å². The fourth-order valence-corrected chi connectivity index (χ4v) is 5.36. The van der Waals surface area contributed by atoms with E-state index in [0.717, 1.165) is 17.1 Å². The summed E-state index contributed by atoms with van der Waals surface area (Å²) in [5.74, 6) is 2.02. The highest BCUT2D eigenvalue weighted by molar-refractivity contribution is 8.17. The van der Waals surface area contributed by atoms with Gasteiger partial charge in [-0.1, -0.05) is 44.2 Å². The van der Waals surface area contributed by atoms with Crippen LogP contribution in [-0.4, -0.2) is 53.2 Å². The lowest BCUT2D eigenvalue weighted by Crippen LogP contribution is -2.53. The van der Waals surface area contributed by atoms with Gasteiger partial charge >= 0.3 is 0 Å². The van der Waals surface area contributed by atoms with Gasteiger partial charge in [-0.15, -0.1) is 23.5 Å². The number of methoxy groups -OCH3 is 1. The average Bonchev–Trinajstić information content (AvgIpc) is 2.61. The summed E-state index contributed by atoms with van der Waals surface area (Å²) in [4.78, 5) is 0. The van der Waals surface area contributed by atoms with Gasteiger partial charge in [0, 0.05) is 12.7 Å². The first-order valence-electron chi connectivity index (χ1n) is 7.97. The lowest BCUT2D eigenvalue weighted by Gasteiger charge is -2.43. The van der Waals surface area contributed by atoms with Crippen molar-refractivity contribution in [2.45, 2.75) is 43.0 Å². The molecule has 1 N–H and O–H groups in total. The second-order valence-corrected chi connectivity index (χ2v) is 8.32. The van der Waals surface area contributed by atoms with E-state index in [-0.39, 0.29) is 29.5 Å². The maximum Gasteiger partial charge on any atom is 0.184 e. The number of aliphatic hydroxyl groups excluding tert-OH is 1. The third kappa shape index (κ3) is 4.87. The van der Waals surface area contributed by atoms with Crippen LogP contribution in [0.4, 0.5) is 0 Å². The Morgan fingerprint density at radius 1 is 1.13 bits per heavy atom. The Labute approximate surface area is 147 Å². The third-order valence-corrected chi connectivity index (χ3v) is 6.40. The Hall–Kier alpha value is -0.240. The fourth-order valence-electron chi connectivity index (χ4n) is 2.69. The van der Waals surface area contributed by atoms with Crippen molar-refractivity contribution in [2.24, 2.45) is 0 Å².